The minimum absolute atomic E-state index is 0.143. The summed E-state index contributed by atoms with van der Waals surface area (Å²) in [5, 5.41) is 5.63. The second-order valence-electron chi connectivity index (χ2n) is 6.70. The maximum Gasteiger partial charge on any atom is 0.259 e. The van der Waals surface area contributed by atoms with E-state index in [1.807, 2.05) is 6.07 Å². The normalized spacial score (nSPS) is 11.5. The number of carbonyl (C=O) groups excluding carboxylic acids is 2. The molecule has 5 nitrogen and oxygen atoms in total. The molecule has 0 aliphatic rings. The summed E-state index contributed by atoms with van der Waals surface area (Å²) in [6.45, 7) is 1.15. The molecule has 0 aliphatic heterocycles. The minimum Gasteiger partial charge on any atom is -0.483 e. The van der Waals surface area contributed by atoms with Crippen LogP contribution in [0.1, 0.15) is 28.9 Å². The zero-order valence-corrected chi connectivity index (χ0v) is 17.2. The highest BCUT2D eigenvalue weighted by Gasteiger charge is 2.17. The summed E-state index contributed by atoms with van der Waals surface area (Å²) in [7, 11) is 0. The van der Waals surface area contributed by atoms with Gasteiger partial charge in [-0.3, -0.25) is 9.59 Å². The summed E-state index contributed by atoms with van der Waals surface area (Å²) < 4.78 is 32.5. The first kappa shape index (κ1) is 22.2. The third-order valence-electron chi connectivity index (χ3n) is 4.38. The van der Waals surface area contributed by atoms with Crippen LogP contribution in [0.2, 0.25) is 5.02 Å². The van der Waals surface area contributed by atoms with Gasteiger partial charge in [0.25, 0.3) is 11.8 Å². The largest absolute Gasteiger partial charge is 0.483 e. The van der Waals surface area contributed by atoms with Crippen LogP contribution in [-0.2, 0) is 4.79 Å². The average Bonchev–Trinajstić information content (AvgIpc) is 2.73. The van der Waals surface area contributed by atoms with Crippen LogP contribution >= 0.6 is 11.6 Å². The van der Waals surface area contributed by atoms with Crippen molar-refractivity contribution in [1.82, 2.24) is 5.32 Å². The van der Waals surface area contributed by atoms with Gasteiger partial charge in [-0.15, -0.1) is 0 Å². The fourth-order valence-corrected chi connectivity index (χ4v) is 3.05. The number of rotatable bonds is 7. The van der Waals surface area contributed by atoms with Crippen molar-refractivity contribution < 1.29 is 23.1 Å². The van der Waals surface area contributed by atoms with E-state index in [0.717, 1.165) is 12.1 Å². The van der Waals surface area contributed by atoms with Crippen LogP contribution in [0.3, 0.4) is 0 Å². The summed E-state index contributed by atoms with van der Waals surface area (Å²) in [4.78, 5) is 24.9. The van der Waals surface area contributed by atoms with Crippen molar-refractivity contribution in [2.24, 2.45) is 0 Å². The number of amides is 2. The Bertz CT molecular complexity index is 1090. The topological polar surface area (TPSA) is 67.4 Å². The van der Waals surface area contributed by atoms with Gasteiger partial charge in [0.2, 0.25) is 0 Å². The molecule has 8 heteroatoms. The Hall–Kier alpha value is -3.45. The Morgan fingerprint density at radius 3 is 2.48 bits per heavy atom. The average molecular weight is 445 g/mol. The van der Waals surface area contributed by atoms with E-state index in [4.69, 9.17) is 16.3 Å². The van der Waals surface area contributed by atoms with Crippen LogP contribution in [0.15, 0.2) is 66.7 Å². The number of para-hydroxylation sites is 1. The predicted octanol–water partition coefficient (Wildman–Crippen LogP) is 5.13. The van der Waals surface area contributed by atoms with Crippen molar-refractivity contribution in [3.63, 3.8) is 0 Å². The molecule has 0 radical (unpaired) electrons. The summed E-state index contributed by atoms with van der Waals surface area (Å²) in [5.74, 6) is -2.29. The van der Waals surface area contributed by atoms with Crippen molar-refractivity contribution in [2.75, 3.05) is 11.9 Å². The quantitative estimate of drug-likeness (QED) is 0.531. The molecule has 31 heavy (non-hydrogen) atoms. The highest BCUT2D eigenvalue weighted by Crippen LogP contribution is 2.24. The number of nitrogens with one attached hydrogen (secondary N) is 2. The van der Waals surface area contributed by atoms with E-state index in [2.05, 4.69) is 10.6 Å². The van der Waals surface area contributed by atoms with Gasteiger partial charge in [0, 0.05) is 22.3 Å². The zero-order chi connectivity index (χ0) is 22.4. The van der Waals surface area contributed by atoms with Gasteiger partial charge in [-0.2, -0.15) is 0 Å². The van der Waals surface area contributed by atoms with E-state index >= 15 is 0 Å². The van der Waals surface area contributed by atoms with Crippen LogP contribution in [0.4, 0.5) is 14.5 Å². The van der Waals surface area contributed by atoms with Crippen molar-refractivity contribution in [3.05, 3.63) is 94.5 Å². The van der Waals surface area contributed by atoms with Gasteiger partial charge in [0.15, 0.2) is 6.61 Å². The maximum atomic E-state index is 13.9. The summed E-state index contributed by atoms with van der Waals surface area (Å²) in [5.41, 5.74) is 0.886. The fourth-order valence-electron chi connectivity index (χ4n) is 2.88. The van der Waals surface area contributed by atoms with Crippen molar-refractivity contribution >= 4 is 29.1 Å². The molecule has 0 bridgehead atoms. The molecule has 160 valence electrons. The van der Waals surface area contributed by atoms with Gasteiger partial charge in [0.1, 0.15) is 17.4 Å². The zero-order valence-electron chi connectivity index (χ0n) is 16.5. The Kier molecular flexibility index (Phi) is 7.20. The molecule has 0 spiro atoms. The van der Waals surface area contributed by atoms with Crippen molar-refractivity contribution in [1.29, 1.82) is 0 Å². The van der Waals surface area contributed by atoms with Gasteiger partial charge in [-0.25, -0.2) is 8.78 Å². The first-order valence-corrected chi connectivity index (χ1v) is 9.74. The van der Waals surface area contributed by atoms with Crippen LogP contribution in [0.25, 0.3) is 0 Å². The van der Waals surface area contributed by atoms with Crippen LogP contribution < -0.4 is 15.4 Å². The molecular formula is C23H19ClF2N2O3. The summed E-state index contributed by atoms with van der Waals surface area (Å²) in [6.07, 6.45) is 0. The summed E-state index contributed by atoms with van der Waals surface area (Å²) >= 11 is 6.01. The number of carbonyl (C=O) groups is 2. The van der Waals surface area contributed by atoms with Gasteiger partial charge < -0.3 is 15.4 Å². The number of halogens is 3. The molecule has 0 saturated heterocycles. The monoisotopic (exact) mass is 444 g/mol. The first-order valence-electron chi connectivity index (χ1n) is 9.36. The molecule has 3 aromatic rings. The molecule has 2 amide bonds. The molecule has 0 fully saturated rings. The fraction of sp³-hybridized carbons (Fsp3) is 0.130. The van der Waals surface area contributed by atoms with Crippen LogP contribution in [0.5, 0.6) is 5.75 Å². The summed E-state index contributed by atoms with van der Waals surface area (Å²) in [6, 6.07) is 15.7. The number of ether oxygens (including phenoxy) is 1. The predicted molar refractivity (Wildman–Crippen MR) is 114 cm³/mol. The van der Waals surface area contributed by atoms with E-state index in [1.54, 1.807) is 31.2 Å². The maximum absolute atomic E-state index is 13.9. The number of benzene rings is 3. The lowest BCUT2D eigenvalue weighted by Gasteiger charge is -2.16. The lowest BCUT2D eigenvalue weighted by atomic mass is 10.1. The molecule has 3 aromatic carbocycles. The Balaban J connectivity index is 1.65. The standard InChI is InChI=1S/C23H19ClF2N2O3/c1-14(18-9-8-16(25)12-20(18)26)27-22(29)13-31-21-10-7-15(24)11-19(21)23(30)28-17-5-3-2-4-6-17/h2-12,14H,13H2,1H3,(H,27,29)(H,28,30). The smallest absolute Gasteiger partial charge is 0.259 e. The lowest BCUT2D eigenvalue weighted by Crippen LogP contribution is -2.32. The Morgan fingerprint density at radius 1 is 1.03 bits per heavy atom. The van der Waals surface area contributed by atoms with Gasteiger partial charge in [-0.1, -0.05) is 35.9 Å². The van der Waals surface area contributed by atoms with E-state index in [-0.39, 0.29) is 16.9 Å². The Labute approximate surface area is 183 Å². The minimum atomic E-state index is -0.758. The molecule has 0 saturated carbocycles. The van der Waals surface area contributed by atoms with E-state index in [9.17, 15) is 18.4 Å². The molecule has 3 rings (SSSR count). The second kappa shape index (κ2) is 10.0. The SMILES string of the molecule is CC(NC(=O)COc1ccc(Cl)cc1C(=O)Nc1ccccc1)c1ccc(F)cc1F. The van der Waals surface area contributed by atoms with E-state index < -0.39 is 36.1 Å². The molecule has 2 N–H and O–H groups in total. The van der Waals surface area contributed by atoms with E-state index in [0.29, 0.717) is 10.7 Å². The van der Waals surface area contributed by atoms with Crippen LogP contribution in [-0.4, -0.2) is 18.4 Å². The first-order chi connectivity index (χ1) is 14.8. The van der Waals surface area contributed by atoms with Gasteiger partial charge in [-0.05, 0) is 43.3 Å². The molecule has 0 heterocycles. The second-order valence-corrected chi connectivity index (χ2v) is 7.14. The van der Waals surface area contributed by atoms with Gasteiger partial charge >= 0.3 is 0 Å². The molecule has 1 atom stereocenters. The molecule has 1 unspecified atom stereocenters. The third-order valence-corrected chi connectivity index (χ3v) is 4.62. The van der Waals surface area contributed by atoms with Crippen molar-refractivity contribution in [3.8, 4) is 5.75 Å². The van der Waals surface area contributed by atoms with E-state index in [1.165, 1.54) is 24.3 Å². The highest BCUT2D eigenvalue weighted by atomic mass is 35.5. The van der Waals surface area contributed by atoms with Crippen LogP contribution in [0, 0.1) is 11.6 Å². The van der Waals surface area contributed by atoms with Gasteiger partial charge in [0.05, 0.1) is 11.6 Å². The lowest BCUT2D eigenvalue weighted by molar-refractivity contribution is -0.123. The third kappa shape index (κ3) is 6.02. The Morgan fingerprint density at radius 2 is 1.77 bits per heavy atom. The molecule has 0 aromatic heterocycles. The number of hydrogen-bond donors (Lipinski definition) is 2. The highest BCUT2D eigenvalue weighted by molar-refractivity contribution is 6.31. The number of hydrogen-bond acceptors (Lipinski definition) is 3. The molecular weight excluding hydrogens is 426 g/mol. The molecule has 0 aliphatic carbocycles. The van der Waals surface area contributed by atoms with Crippen molar-refractivity contribution in [2.45, 2.75) is 13.0 Å². The number of anilines is 1.